The quantitative estimate of drug-likeness (QED) is 0.860. The molecule has 1 heterocycles. The zero-order valence-electron chi connectivity index (χ0n) is 12.7. The maximum Gasteiger partial charge on any atom is 0.123 e. The Bertz CT molecular complexity index is 610. The highest BCUT2D eigenvalue weighted by atomic mass is 79.9. The highest BCUT2D eigenvalue weighted by molar-refractivity contribution is 9.10. The lowest BCUT2D eigenvalue weighted by atomic mass is 9.93. The number of aryl methyl sites for hydroxylation is 2. The van der Waals surface area contributed by atoms with Gasteiger partial charge in [-0.2, -0.15) is 5.10 Å². The molecule has 0 saturated carbocycles. The molecule has 21 heavy (non-hydrogen) atoms. The van der Waals surface area contributed by atoms with Crippen molar-refractivity contribution in [3.8, 4) is 0 Å². The Morgan fingerprint density at radius 2 is 2.19 bits per heavy atom. The predicted molar refractivity (Wildman–Crippen MR) is 87.0 cm³/mol. The number of hydrogen-bond acceptors (Lipinski definition) is 2. The average Bonchev–Trinajstić information content (AvgIpc) is 2.69. The first kappa shape index (κ1) is 16.2. The van der Waals surface area contributed by atoms with Crippen molar-refractivity contribution < 1.29 is 4.39 Å². The lowest BCUT2D eigenvalue weighted by Gasteiger charge is -2.18. The minimum absolute atomic E-state index is 0.186. The largest absolute Gasteiger partial charge is 0.316 e. The molecule has 1 atom stereocenters. The molecule has 1 N–H and O–H groups in total. The van der Waals surface area contributed by atoms with Crippen LogP contribution in [0.25, 0.3) is 0 Å². The first-order valence-corrected chi connectivity index (χ1v) is 7.96. The third kappa shape index (κ3) is 3.92. The van der Waals surface area contributed by atoms with Gasteiger partial charge in [-0.05, 0) is 53.5 Å². The van der Waals surface area contributed by atoms with Crippen LogP contribution in [0, 0.1) is 12.7 Å². The summed E-state index contributed by atoms with van der Waals surface area (Å²) in [6.45, 7) is 5.77. The van der Waals surface area contributed by atoms with Crippen LogP contribution >= 0.6 is 15.9 Å². The van der Waals surface area contributed by atoms with E-state index in [1.54, 1.807) is 12.1 Å². The van der Waals surface area contributed by atoms with Crippen LogP contribution in [0.15, 0.2) is 28.7 Å². The van der Waals surface area contributed by atoms with Crippen molar-refractivity contribution >= 4 is 15.9 Å². The molecule has 5 heteroatoms. The molecular formula is C16H21BrFN3. The highest BCUT2D eigenvalue weighted by Gasteiger charge is 2.18. The maximum atomic E-state index is 13.5. The summed E-state index contributed by atoms with van der Waals surface area (Å²) in [4.78, 5) is 0. The van der Waals surface area contributed by atoms with Crippen molar-refractivity contribution in [1.29, 1.82) is 0 Å². The second-order valence-electron chi connectivity index (χ2n) is 5.23. The van der Waals surface area contributed by atoms with E-state index >= 15 is 0 Å². The molecule has 0 fully saturated rings. The lowest BCUT2D eigenvalue weighted by molar-refractivity contribution is 0.562. The van der Waals surface area contributed by atoms with E-state index in [0.717, 1.165) is 40.9 Å². The van der Waals surface area contributed by atoms with Crippen molar-refractivity contribution in [3.05, 3.63) is 51.5 Å². The van der Waals surface area contributed by atoms with Gasteiger partial charge in [0.15, 0.2) is 0 Å². The molecule has 0 radical (unpaired) electrons. The molecule has 2 rings (SSSR count). The number of benzene rings is 1. The van der Waals surface area contributed by atoms with E-state index in [1.807, 2.05) is 24.7 Å². The average molecular weight is 354 g/mol. The van der Waals surface area contributed by atoms with Gasteiger partial charge in [-0.3, -0.25) is 4.68 Å². The van der Waals surface area contributed by atoms with Gasteiger partial charge in [0.25, 0.3) is 0 Å². The maximum absolute atomic E-state index is 13.5. The third-order valence-corrected chi connectivity index (χ3v) is 4.69. The minimum Gasteiger partial charge on any atom is -0.316 e. The number of nitrogens with one attached hydrogen (secondary N) is 1. The number of hydrogen-bond donors (Lipinski definition) is 1. The molecule has 114 valence electrons. The summed E-state index contributed by atoms with van der Waals surface area (Å²) in [6, 6.07) is 6.87. The summed E-state index contributed by atoms with van der Waals surface area (Å²) in [5.74, 6) is 0.0287. The lowest BCUT2D eigenvalue weighted by Crippen LogP contribution is -2.23. The van der Waals surface area contributed by atoms with Crippen molar-refractivity contribution in [1.82, 2.24) is 15.1 Å². The van der Waals surface area contributed by atoms with Gasteiger partial charge in [0.1, 0.15) is 5.82 Å². The Morgan fingerprint density at radius 1 is 1.43 bits per heavy atom. The monoisotopic (exact) mass is 353 g/mol. The van der Waals surface area contributed by atoms with Crippen LogP contribution in [0.2, 0.25) is 0 Å². The Kier molecular flexibility index (Phi) is 5.53. The van der Waals surface area contributed by atoms with Crippen LogP contribution in [-0.4, -0.2) is 22.9 Å². The molecule has 0 aliphatic heterocycles. The number of likely N-dealkylation sites (N-methyl/N-ethyl adjacent to an activating group) is 1. The Labute approximate surface area is 133 Å². The Balaban J connectivity index is 2.28. The second kappa shape index (κ2) is 7.18. The van der Waals surface area contributed by atoms with Crippen LogP contribution in [-0.2, 0) is 13.5 Å². The van der Waals surface area contributed by atoms with Crippen molar-refractivity contribution in [2.75, 3.05) is 13.1 Å². The summed E-state index contributed by atoms with van der Waals surface area (Å²) in [5, 5.41) is 7.80. The van der Waals surface area contributed by atoms with Gasteiger partial charge in [-0.25, -0.2) is 4.39 Å². The van der Waals surface area contributed by atoms with Crippen LogP contribution in [0.3, 0.4) is 0 Å². The van der Waals surface area contributed by atoms with Crippen LogP contribution in [0.5, 0.6) is 0 Å². The fourth-order valence-electron chi connectivity index (χ4n) is 2.52. The number of nitrogens with zero attached hydrogens (tertiary/aromatic N) is 2. The van der Waals surface area contributed by atoms with E-state index in [0.29, 0.717) is 0 Å². The van der Waals surface area contributed by atoms with E-state index in [4.69, 9.17) is 0 Å². The van der Waals surface area contributed by atoms with Crippen LogP contribution in [0.4, 0.5) is 4.39 Å². The topological polar surface area (TPSA) is 29.9 Å². The second-order valence-corrected chi connectivity index (χ2v) is 6.03. The number of halogens is 2. The minimum atomic E-state index is -0.186. The highest BCUT2D eigenvalue weighted by Crippen LogP contribution is 2.27. The summed E-state index contributed by atoms with van der Waals surface area (Å²) in [5.41, 5.74) is 3.13. The Morgan fingerprint density at radius 3 is 2.76 bits per heavy atom. The molecule has 1 unspecified atom stereocenters. The van der Waals surface area contributed by atoms with E-state index in [1.165, 1.54) is 6.07 Å². The number of aromatic nitrogens is 2. The smallest absolute Gasteiger partial charge is 0.123 e. The third-order valence-electron chi connectivity index (χ3n) is 3.66. The van der Waals surface area contributed by atoms with E-state index in [9.17, 15) is 4.39 Å². The van der Waals surface area contributed by atoms with Gasteiger partial charge >= 0.3 is 0 Å². The fraction of sp³-hybridized carbons (Fsp3) is 0.438. The van der Waals surface area contributed by atoms with Gasteiger partial charge in [0, 0.05) is 19.5 Å². The van der Waals surface area contributed by atoms with E-state index in [-0.39, 0.29) is 11.7 Å². The molecule has 0 spiro atoms. The van der Waals surface area contributed by atoms with E-state index in [2.05, 4.69) is 33.3 Å². The molecular weight excluding hydrogens is 333 g/mol. The molecule has 0 amide bonds. The molecule has 0 saturated heterocycles. The van der Waals surface area contributed by atoms with Crippen molar-refractivity contribution in [2.45, 2.75) is 26.2 Å². The first-order valence-electron chi connectivity index (χ1n) is 7.17. The van der Waals surface area contributed by atoms with Gasteiger partial charge in [0.2, 0.25) is 0 Å². The zero-order chi connectivity index (χ0) is 15.4. The summed E-state index contributed by atoms with van der Waals surface area (Å²) in [6.07, 6.45) is 0.814. The van der Waals surface area contributed by atoms with Crippen molar-refractivity contribution in [2.24, 2.45) is 7.05 Å². The van der Waals surface area contributed by atoms with Gasteiger partial charge in [0.05, 0.1) is 15.9 Å². The summed E-state index contributed by atoms with van der Waals surface area (Å²) >= 11 is 3.61. The molecule has 0 aliphatic rings. The summed E-state index contributed by atoms with van der Waals surface area (Å²) in [7, 11) is 1.95. The van der Waals surface area contributed by atoms with Gasteiger partial charge in [-0.1, -0.05) is 19.1 Å². The molecule has 1 aromatic heterocycles. The van der Waals surface area contributed by atoms with Gasteiger partial charge in [-0.15, -0.1) is 0 Å². The number of rotatable bonds is 6. The van der Waals surface area contributed by atoms with E-state index < -0.39 is 0 Å². The Hall–Kier alpha value is -1.20. The molecule has 2 aromatic rings. The normalized spacial score (nSPS) is 12.6. The first-order chi connectivity index (χ1) is 10.0. The zero-order valence-corrected chi connectivity index (χ0v) is 14.2. The predicted octanol–water partition coefficient (Wildman–Crippen LogP) is 3.57. The van der Waals surface area contributed by atoms with Crippen molar-refractivity contribution in [3.63, 3.8) is 0 Å². The fourth-order valence-corrected chi connectivity index (χ4v) is 3.02. The molecule has 3 nitrogen and oxygen atoms in total. The molecule has 0 aliphatic carbocycles. The standard InChI is InChI=1S/C16H21BrFN3/c1-4-19-10-13(12-6-5-7-14(18)8-12)9-15-16(17)11(2)20-21(15)3/h5-8,13,19H,4,9-10H2,1-3H3. The van der Waals surface area contributed by atoms with Gasteiger partial charge < -0.3 is 5.32 Å². The van der Waals surface area contributed by atoms with Crippen LogP contribution < -0.4 is 5.32 Å². The SMILES string of the molecule is CCNCC(Cc1c(Br)c(C)nn1C)c1cccc(F)c1. The molecule has 0 bridgehead atoms. The summed E-state index contributed by atoms with van der Waals surface area (Å²) < 4.78 is 16.4. The molecule has 1 aromatic carbocycles. The van der Waals surface area contributed by atoms with Crippen LogP contribution in [0.1, 0.15) is 29.8 Å².